The van der Waals surface area contributed by atoms with E-state index in [1.165, 1.54) is 0 Å². The molecule has 0 spiro atoms. The van der Waals surface area contributed by atoms with Gasteiger partial charge in [0.25, 0.3) is 0 Å². The highest BCUT2D eigenvalue weighted by Gasteiger charge is 1.96. The van der Waals surface area contributed by atoms with Gasteiger partial charge in [-0.2, -0.15) is 0 Å². The molecule has 11 heavy (non-hydrogen) atoms. The van der Waals surface area contributed by atoms with Crippen LogP contribution in [0.15, 0.2) is 0 Å². The van der Waals surface area contributed by atoms with Crippen LogP contribution in [0.1, 0.15) is 6.92 Å². The van der Waals surface area contributed by atoms with E-state index in [4.69, 9.17) is 5.11 Å². The number of alkyl carbamates (subject to hydrolysis) is 1. The van der Waals surface area contributed by atoms with Crippen molar-refractivity contribution in [3.05, 3.63) is 0 Å². The Balaban J connectivity index is 3.27. The fraction of sp³-hybridized carbons (Fsp3) is 0.571. The standard InChI is InChI=1S/C7H11NO3/c1-2-3-4-8-7(10)11-6-5-9/h9H,4-6H2,1H3,(H,8,10). The lowest BCUT2D eigenvalue weighted by atomic mass is 10.6. The summed E-state index contributed by atoms with van der Waals surface area (Å²) in [6, 6.07) is 0. The van der Waals surface area contributed by atoms with E-state index in [0.29, 0.717) is 0 Å². The Morgan fingerprint density at radius 1 is 1.73 bits per heavy atom. The van der Waals surface area contributed by atoms with E-state index in [1.807, 2.05) is 0 Å². The molecule has 0 aliphatic rings. The molecule has 0 saturated carbocycles. The zero-order valence-corrected chi connectivity index (χ0v) is 6.39. The molecule has 0 aromatic rings. The molecule has 62 valence electrons. The van der Waals surface area contributed by atoms with Gasteiger partial charge in [0.1, 0.15) is 6.61 Å². The maximum atomic E-state index is 10.6. The number of aliphatic hydroxyl groups is 1. The molecule has 0 aliphatic heterocycles. The van der Waals surface area contributed by atoms with Crippen LogP contribution in [0.5, 0.6) is 0 Å². The van der Waals surface area contributed by atoms with Crippen molar-refractivity contribution in [3.63, 3.8) is 0 Å². The van der Waals surface area contributed by atoms with Crippen LogP contribution < -0.4 is 5.32 Å². The lowest BCUT2D eigenvalue weighted by molar-refractivity contribution is 0.120. The summed E-state index contributed by atoms with van der Waals surface area (Å²) < 4.78 is 4.47. The van der Waals surface area contributed by atoms with E-state index in [1.54, 1.807) is 6.92 Å². The largest absolute Gasteiger partial charge is 0.447 e. The van der Waals surface area contributed by atoms with Gasteiger partial charge in [-0.15, -0.1) is 5.92 Å². The summed E-state index contributed by atoms with van der Waals surface area (Å²) in [5, 5.41) is 10.6. The molecule has 0 aromatic carbocycles. The first-order valence-corrected chi connectivity index (χ1v) is 3.22. The Labute approximate surface area is 65.5 Å². The van der Waals surface area contributed by atoms with Gasteiger partial charge in [-0.05, 0) is 6.92 Å². The van der Waals surface area contributed by atoms with Gasteiger partial charge in [-0.25, -0.2) is 4.79 Å². The predicted octanol–water partition coefficient (Wildman–Crippen LogP) is -0.272. The smallest absolute Gasteiger partial charge is 0.407 e. The molecule has 4 heteroatoms. The van der Waals surface area contributed by atoms with Gasteiger partial charge in [0.15, 0.2) is 0 Å². The molecule has 0 bridgehead atoms. The van der Waals surface area contributed by atoms with E-state index in [-0.39, 0.29) is 19.8 Å². The number of carbonyl (C=O) groups is 1. The number of aliphatic hydroxyl groups excluding tert-OH is 1. The fourth-order valence-electron chi connectivity index (χ4n) is 0.394. The summed E-state index contributed by atoms with van der Waals surface area (Å²) in [6.07, 6.45) is -0.554. The minimum atomic E-state index is -0.554. The third kappa shape index (κ3) is 6.68. The Morgan fingerprint density at radius 3 is 3.00 bits per heavy atom. The molecule has 0 aromatic heterocycles. The molecular weight excluding hydrogens is 146 g/mol. The van der Waals surface area contributed by atoms with Crippen molar-refractivity contribution < 1.29 is 14.6 Å². The number of hydrogen-bond donors (Lipinski definition) is 2. The van der Waals surface area contributed by atoms with Gasteiger partial charge < -0.3 is 15.2 Å². The SMILES string of the molecule is CC#CCNC(=O)OCCO. The van der Waals surface area contributed by atoms with Crippen molar-refractivity contribution >= 4 is 6.09 Å². The van der Waals surface area contributed by atoms with Crippen LogP contribution in [-0.4, -0.2) is 31.0 Å². The number of hydrogen-bond acceptors (Lipinski definition) is 3. The van der Waals surface area contributed by atoms with Gasteiger partial charge in [0.05, 0.1) is 13.2 Å². The zero-order valence-electron chi connectivity index (χ0n) is 6.39. The Morgan fingerprint density at radius 2 is 2.45 bits per heavy atom. The van der Waals surface area contributed by atoms with Crippen LogP contribution >= 0.6 is 0 Å². The second kappa shape index (κ2) is 6.90. The predicted molar refractivity (Wildman–Crippen MR) is 39.9 cm³/mol. The molecule has 0 saturated heterocycles. The van der Waals surface area contributed by atoms with Gasteiger partial charge in [-0.1, -0.05) is 5.92 Å². The molecule has 0 aliphatic carbocycles. The van der Waals surface area contributed by atoms with E-state index in [2.05, 4.69) is 21.9 Å². The van der Waals surface area contributed by atoms with Crippen molar-refractivity contribution in [2.45, 2.75) is 6.92 Å². The lowest BCUT2D eigenvalue weighted by Crippen LogP contribution is -2.25. The van der Waals surface area contributed by atoms with Crippen molar-refractivity contribution in [2.75, 3.05) is 19.8 Å². The number of nitrogens with one attached hydrogen (secondary N) is 1. The monoisotopic (exact) mass is 157 g/mol. The molecule has 0 unspecified atom stereocenters. The van der Waals surface area contributed by atoms with Crippen LogP contribution in [0.25, 0.3) is 0 Å². The molecule has 1 amide bonds. The van der Waals surface area contributed by atoms with Crippen molar-refractivity contribution in [3.8, 4) is 11.8 Å². The molecule has 0 rings (SSSR count). The van der Waals surface area contributed by atoms with Crippen molar-refractivity contribution in [1.29, 1.82) is 0 Å². The first-order valence-electron chi connectivity index (χ1n) is 3.22. The number of ether oxygens (including phenoxy) is 1. The first-order chi connectivity index (χ1) is 5.31. The average molecular weight is 157 g/mol. The highest BCUT2D eigenvalue weighted by Crippen LogP contribution is 1.74. The van der Waals surface area contributed by atoms with Crippen LogP contribution in [0.3, 0.4) is 0 Å². The van der Waals surface area contributed by atoms with E-state index < -0.39 is 6.09 Å². The minimum Gasteiger partial charge on any atom is -0.447 e. The Hall–Kier alpha value is -1.21. The van der Waals surface area contributed by atoms with Gasteiger partial charge >= 0.3 is 6.09 Å². The average Bonchev–Trinajstić information content (AvgIpc) is 2.01. The second-order valence-electron chi connectivity index (χ2n) is 1.64. The molecule has 2 N–H and O–H groups in total. The molecule has 0 heterocycles. The van der Waals surface area contributed by atoms with Crippen LogP contribution in [0.2, 0.25) is 0 Å². The van der Waals surface area contributed by atoms with Crippen molar-refractivity contribution in [1.82, 2.24) is 5.32 Å². The third-order valence-corrected chi connectivity index (χ3v) is 0.822. The van der Waals surface area contributed by atoms with E-state index >= 15 is 0 Å². The van der Waals surface area contributed by atoms with Gasteiger partial charge in [0.2, 0.25) is 0 Å². The topological polar surface area (TPSA) is 58.6 Å². The molecule has 4 nitrogen and oxygen atoms in total. The Kier molecular flexibility index (Phi) is 6.14. The molecule has 0 radical (unpaired) electrons. The summed E-state index contributed by atoms with van der Waals surface area (Å²) in [6.45, 7) is 1.82. The molecule has 0 atom stereocenters. The quantitative estimate of drug-likeness (QED) is 0.554. The first kappa shape index (κ1) is 9.79. The zero-order chi connectivity index (χ0) is 8.53. The highest BCUT2D eigenvalue weighted by molar-refractivity contribution is 5.67. The van der Waals surface area contributed by atoms with Gasteiger partial charge in [0, 0.05) is 0 Å². The highest BCUT2D eigenvalue weighted by atomic mass is 16.6. The maximum absolute atomic E-state index is 10.6. The molecular formula is C7H11NO3. The lowest BCUT2D eigenvalue weighted by Gasteiger charge is -2.00. The third-order valence-electron chi connectivity index (χ3n) is 0.822. The fourth-order valence-corrected chi connectivity index (χ4v) is 0.394. The summed E-state index contributed by atoms with van der Waals surface area (Å²) >= 11 is 0. The number of amides is 1. The van der Waals surface area contributed by atoms with E-state index in [9.17, 15) is 4.79 Å². The summed E-state index contributed by atoms with van der Waals surface area (Å²) in [5.41, 5.74) is 0. The van der Waals surface area contributed by atoms with Gasteiger partial charge in [-0.3, -0.25) is 0 Å². The summed E-state index contributed by atoms with van der Waals surface area (Å²) in [4.78, 5) is 10.6. The van der Waals surface area contributed by atoms with Crippen LogP contribution in [0, 0.1) is 11.8 Å². The minimum absolute atomic E-state index is 0.0192. The Bertz CT molecular complexity index is 168. The van der Waals surface area contributed by atoms with E-state index in [0.717, 1.165) is 0 Å². The van der Waals surface area contributed by atoms with Crippen molar-refractivity contribution in [2.24, 2.45) is 0 Å². The van der Waals surface area contributed by atoms with Crippen LogP contribution in [0.4, 0.5) is 4.79 Å². The number of carbonyl (C=O) groups excluding carboxylic acids is 1. The molecule has 0 fully saturated rings. The summed E-state index contributed by atoms with van der Waals surface area (Å²) in [7, 11) is 0. The maximum Gasteiger partial charge on any atom is 0.407 e. The van der Waals surface area contributed by atoms with Crippen LogP contribution in [-0.2, 0) is 4.74 Å². The number of rotatable bonds is 3. The second-order valence-corrected chi connectivity index (χ2v) is 1.64. The normalized spacial score (nSPS) is 7.82. The summed E-state index contributed by atoms with van der Waals surface area (Å²) in [5.74, 6) is 5.24.